The molecular formula is C92H124N5+5. The van der Waals surface area contributed by atoms with Gasteiger partial charge in [0.05, 0.1) is 0 Å². The van der Waals surface area contributed by atoms with Gasteiger partial charge in [-0.05, 0) is 197 Å². The van der Waals surface area contributed by atoms with Crippen LogP contribution in [0.3, 0.4) is 0 Å². The van der Waals surface area contributed by atoms with Crippen molar-refractivity contribution in [2.24, 2.45) is 35.2 Å². The van der Waals surface area contributed by atoms with Crippen LogP contribution in [0.1, 0.15) is 203 Å². The van der Waals surface area contributed by atoms with Gasteiger partial charge in [-0.3, -0.25) is 0 Å². The smallest absolute Gasteiger partial charge is 0.201 e. The van der Waals surface area contributed by atoms with Gasteiger partial charge in [0.15, 0.2) is 31.0 Å². The normalized spacial score (nSPS) is 12.3. The second kappa shape index (κ2) is 31.2. The van der Waals surface area contributed by atoms with Crippen molar-refractivity contribution < 1.29 is 26.9 Å². The van der Waals surface area contributed by atoms with Crippen molar-refractivity contribution in [3.05, 3.63) is 265 Å². The molecule has 0 amide bonds. The van der Waals surface area contributed by atoms with Crippen LogP contribution < -0.4 is 22.8 Å². The van der Waals surface area contributed by atoms with E-state index in [1.165, 1.54) is 128 Å². The van der Waals surface area contributed by atoms with Crippen molar-refractivity contribution in [1.82, 2.24) is 0 Å². The molecular weight excluding hydrogens is 1180 g/mol. The molecule has 0 radical (unpaired) electrons. The Morgan fingerprint density at radius 2 is 0.495 bits per heavy atom. The molecule has 10 aromatic rings. The van der Waals surface area contributed by atoms with E-state index >= 15 is 0 Å². The average Bonchev–Trinajstić information content (AvgIpc) is 0.809. The van der Waals surface area contributed by atoms with Crippen LogP contribution >= 0.6 is 0 Å². The molecule has 0 fully saturated rings. The number of nitrogens with zero attached hydrogens (tertiary/aromatic N) is 5. The molecule has 5 aromatic heterocycles. The molecule has 0 atom stereocenters. The zero-order valence-corrected chi connectivity index (χ0v) is 65.9. The molecule has 512 valence electrons. The highest BCUT2D eigenvalue weighted by molar-refractivity contribution is 5.66. The summed E-state index contributed by atoms with van der Waals surface area (Å²) in [7, 11) is 10.6. The van der Waals surface area contributed by atoms with E-state index in [9.17, 15) is 0 Å². The van der Waals surface area contributed by atoms with E-state index < -0.39 is 6.85 Å². The molecule has 0 bridgehead atoms. The van der Waals surface area contributed by atoms with E-state index in [0.717, 1.165) is 16.8 Å². The van der Waals surface area contributed by atoms with Gasteiger partial charge in [-0.15, -0.1) is 0 Å². The summed E-state index contributed by atoms with van der Waals surface area (Å²) in [6, 6.07) is 49.5. The van der Waals surface area contributed by atoms with Gasteiger partial charge < -0.3 is 0 Å². The van der Waals surface area contributed by atoms with Gasteiger partial charge in [0, 0.05) is 90.1 Å². The van der Waals surface area contributed by atoms with Crippen LogP contribution in [0.5, 0.6) is 0 Å². The Balaban J connectivity index is 0.000000197. The third kappa shape index (κ3) is 20.0. The molecule has 0 saturated carbocycles. The maximum atomic E-state index is 7.55. The summed E-state index contributed by atoms with van der Waals surface area (Å²) in [5.74, 6) is 0. The number of hydrogen-bond acceptors (Lipinski definition) is 0. The van der Waals surface area contributed by atoms with E-state index in [2.05, 4.69) is 376 Å². The lowest BCUT2D eigenvalue weighted by Gasteiger charge is -2.20. The molecule has 0 aliphatic heterocycles. The Morgan fingerprint density at radius 1 is 0.237 bits per heavy atom. The summed E-state index contributed by atoms with van der Waals surface area (Å²) >= 11 is 0. The minimum absolute atomic E-state index is 0.0978. The Morgan fingerprint density at radius 3 is 0.753 bits per heavy atom. The molecule has 0 saturated heterocycles. The zero-order chi connectivity index (χ0) is 75.3. The molecule has 5 aromatic carbocycles. The van der Waals surface area contributed by atoms with Gasteiger partial charge >= 0.3 is 0 Å². The Kier molecular flexibility index (Phi) is 23.5. The number of hydrogen-bond donors (Lipinski definition) is 0. The van der Waals surface area contributed by atoms with E-state index in [1.54, 1.807) is 12.1 Å². The van der Waals surface area contributed by atoms with E-state index in [4.69, 9.17) is 4.11 Å². The van der Waals surface area contributed by atoms with Gasteiger partial charge in [-0.1, -0.05) is 193 Å². The zero-order valence-electron chi connectivity index (χ0n) is 68.9. The predicted molar refractivity (Wildman–Crippen MR) is 416 cm³/mol. The van der Waals surface area contributed by atoms with Crippen LogP contribution in [0, 0.1) is 83.0 Å². The Labute approximate surface area is 594 Å². The molecule has 0 aliphatic rings. The standard InChI is InChI=1S/2C19H26N.3C18H24N/c2*1-13-8-9-16(14(2)10-13)18-11-15(3)17(12-20(18)7)19(4,5)6;1-13-7-9-16(14(2)11-13)17-10-8-15(12-19(17)6)18(3,4)5;2*1-13-9-7-8-10-15(13)17-11-14(2)16(12-19(17)6)18(3,4)5/h2*8-12H,1-7H3;3*7-12H,1-6H3/q5*+1/i1D3;;;;. The average molecular weight is 1300 g/mol. The molecule has 10 rings (SSSR count). The van der Waals surface area contributed by atoms with Crippen LogP contribution in [-0.4, -0.2) is 0 Å². The van der Waals surface area contributed by atoms with Crippen LogP contribution in [-0.2, 0) is 62.3 Å². The van der Waals surface area contributed by atoms with Crippen LogP contribution in [0.25, 0.3) is 56.3 Å². The SMILES string of the molecule is Cc1ccc(-c2cc(C)c(C(C)(C)C)c[n+]2C)c(C)c1.Cc1ccc(-c2ccc(C(C)(C)C)c[n+]2C)c(C)c1.Cc1ccccc1-c1cc(C)c(C(C)(C)C)c[n+]1C.Cc1ccccc1-c1cc(C)c(C(C)(C)C)c[n+]1C.[2H]C([2H])([2H])c1ccc(-c2cc(C)c(C(C)(C)C)c[n+]2C)c(C)c1. The highest BCUT2D eigenvalue weighted by atomic mass is 14.9. The van der Waals surface area contributed by atoms with Gasteiger partial charge in [0.1, 0.15) is 35.2 Å². The van der Waals surface area contributed by atoms with Gasteiger partial charge in [-0.2, -0.15) is 0 Å². The number of pyridine rings is 5. The Bertz CT molecular complexity index is 4430. The Hall–Kier alpha value is -8.15. The highest BCUT2D eigenvalue weighted by Crippen LogP contribution is 2.34. The van der Waals surface area contributed by atoms with Crippen LogP contribution in [0.15, 0.2) is 171 Å². The molecule has 5 nitrogen and oxygen atoms in total. The molecule has 0 spiro atoms. The first-order chi connectivity index (χ1) is 46.0. The summed E-state index contributed by atoms with van der Waals surface area (Å²) in [5.41, 5.74) is 35.0. The fourth-order valence-electron chi connectivity index (χ4n) is 13.4. The molecule has 5 heterocycles. The largest absolute Gasteiger partial charge is 0.212 e. The predicted octanol–water partition coefficient (Wildman–Crippen LogP) is 21.1. The third-order valence-corrected chi connectivity index (χ3v) is 18.8. The lowest BCUT2D eigenvalue weighted by atomic mass is 9.84. The second-order valence-electron chi connectivity index (χ2n) is 32.9. The molecule has 5 heteroatoms. The fourth-order valence-corrected chi connectivity index (χ4v) is 13.4. The minimum atomic E-state index is -2.06. The molecule has 97 heavy (non-hydrogen) atoms. The van der Waals surface area contributed by atoms with Crippen LogP contribution in [0.4, 0.5) is 0 Å². The third-order valence-electron chi connectivity index (χ3n) is 18.8. The highest BCUT2D eigenvalue weighted by Gasteiger charge is 2.28. The number of rotatable bonds is 5. The first-order valence-electron chi connectivity index (χ1n) is 36.4. The molecule has 0 N–H and O–H groups in total. The van der Waals surface area contributed by atoms with Crippen molar-refractivity contribution in [2.75, 3.05) is 0 Å². The van der Waals surface area contributed by atoms with Crippen LogP contribution in [0.2, 0.25) is 0 Å². The molecule has 0 unspecified atom stereocenters. The van der Waals surface area contributed by atoms with Crippen molar-refractivity contribution in [3.8, 4) is 56.3 Å². The fraction of sp³-hybridized carbons (Fsp3) is 0.402. The maximum Gasteiger partial charge on any atom is 0.212 e. The monoisotopic (exact) mass is 1300 g/mol. The van der Waals surface area contributed by atoms with E-state index in [0.29, 0.717) is 5.56 Å². The van der Waals surface area contributed by atoms with E-state index in [-0.39, 0.29) is 27.1 Å². The van der Waals surface area contributed by atoms with E-state index in [1.807, 2.05) is 20.0 Å². The first-order valence-corrected chi connectivity index (χ1v) is 34.9. The maximum absolute atomic E-state index is 7.55. The molecule has 0 aliphatic carbocycles. The van der Waals surface area contributed by atoms with Gasteiger partial charge in [0.25, 0.3) is 0 Å². The quantitative estimate of drug-likeness (QED) is 0.153. The van der Waals surface area contributed by atoms with Crippen molar-refractivity contribution >= 4 is 0 Å². The summed E-state index contributed by atoms with van der Waals surface area (Å²) in [6.45, 7) is 55.5. The summed E-state index contributed by atoms with van der Waals surface area (Å²) in [5, 5.41) is 0. The van der Waals surface area contributed by atoms with Gasteiger partial charge in [-0.25, -0.2) is 22.8 Å². The lowest BCUT2D eigenvalue weighted by Crippen LogP contribution is -2.34. The summed E-state index contributed by atoms with van der Waals surface area (Å²) in [4.78, 5) is 0. The first kappa shape index (κ1) is 73.1. The van der Waals surface area contributed by atoms with Gasteiger partial charge in [0.2, 0.25) is 28.5 Å². The van der Waals surface area contributed by atoms with Crippen molar-refractivity contribution in [2.45, 2.75) is 214 Å². The lowest BCUT2D eigenvalue weighted by molar-refractivity contribution is -0.661. The van der Waals surface area contributed by atoms with Crippen molar-refractivity contribution in [3.63, 3.8) is 0 Å². The summed E-state index contributed by atoms with van der Waals surface area (Å²) < 4.78 is 33.7. The number of benzene rings is 5. The summed E-state index contributed by atoms with van der Waals surface area (Å²) in [6.07, 6.45) is 11.3. The minimum Gasteiger partial charge on any atom is -0.201 e. The number of aromatic nitrogens is 5. The van der Waals surface area contributed by atoms with Crippen molar-refractivity contribution in [1.29, 1.82) is 0 Å². The number of aryl methyl sites for hydroxylation is 17. The topological polar surface area (TPSA) is 19.4 Å². The second-order valence-corrected chi connectivity index (χ2v) is 32.9.